The van der Waals surface area contributed by atoms with E-state index in [9.17, 15) is 9.59 Å². The van der Waals surface area contributed by atoms with Crippen LogP contribution in [0.15, 0.2) is 16.8 Å². The van der Waals surface area contributed by atoms with Gasteiger partial charge in [0.2, 0.25) is 11.8 Å². The highest BCUT2D eigenvalue weighted by molar-refractivity contribution is 7.07. The summed E-state index contributed by atoms with van der Waals surface area (Å²) in [6.45, 7) is 6.12. The van der Waals surface area contributed by atoms with E-state index >= 15 is 0 Å². The highest BCUT2D eigenvalue weighted by atomic mass is 32.1. The Labute approximate surface area is 129 Å². The molecule has 0 bridgehead atoms. The molecule has 3 rings (SSSR count). The van der Waals surface area contributed by atoms with Gasteiger partial charge in [0.1, 0.15) is 11.1 Å². The van der Waals surface area contributed by atoms with Gasteiger partial charge in [0.15, 0.2) is 0 Å². The second-order valence-electron chi connectivity index (χ2n) is 6.84. The number of amides is 2. The molecule has 5 heteroatoms. The molecule has 0 aromatic carbocycles. The first kappa shape index (κ1) is 14.6. The minimum absolute atomic E-state index is 0.0000753. The summed E-state index contributed by atoms with van der Waals surface area (Å²) in [5.41, 5.74) is -0.252. The number of carbonyl (C=O) groups excluding carboxylic acids is 2. The number of rotatable bonds is 4. The van der Waals surface area contributed by atoms with Crippen molar-refractivity contribution in [1.82, 2.24) is 10.2 Å². The number of nitrogens with one attached hydrogen (secondary N) is 1. The number of hydrogen-bond acceptors (Lipinski definition) is 3. The summed E-state index contributed by atoms with van der Waals surface area (Å²) in [6.07, 6.45) is 2.88. The normalized spacial score (nSPS) is 28.6. The van der Waals surface area contributed by atoms with Crippen LogP contribution in [0.5, 0.6) is 0 Å². The van der Waals surface area contributed by atoms with Gasteiger partial charge in [-0.2, -0.15) is 11.3 Å². The van der Waals surface area contributed by atoms with Crippen LogP contribution >= 0.6 is 11.3 Å². The molecule has 4 nitrogen and oxygen atoms in total. The largest absolute Gasteiger partial charge is 0.340 e. The Hall–Kier alpha value is -1.36. The molecule has 2 aliphatic rings. The molecule has 1 aliphatic heterocycles. The Morgan fingerprint density at radius 1 is 1.33 bits per heavy atom. The lowest BCUT2D eigenvalue weighted by molar-refractivity contribution is -0.162. The molecule has 0 spiro atoms. The highest BCUT2D eigenvalue weighted by Gasteiger charge is 2.58. The van der Waals surface area contributed by atoms with Gasteiger partial charge in [0.25, 0.3) is 0 Å². The van der Waals surface area contributed by atoms with Crippen molar-refractivity contribution in [2.75, 3.05) is 6.54 Å². The van der Waals surface area contributed by atoms with E-state index in [0.717, 1.165) is 19.3 Å². The molecule has 21 heavy (non-hydrogen) atoms. The van der Waals surface area contributed by atoms with E-state index in [0.29, 0.717) is 12.5 Å². The Kier molecular flexibility index (Phi) is 3.35. The van der Waals surface area contributed by atoms with E-state index in [-0.39, 0.29) is 11.8 Å². The van der Waals surface area contributed by atoms with E-state index < -0.39 is 11.1 Å². The molecule has 1 aromatic heterocycles. The van der Waals surface area contributed by atoms with Crippen LogP contribution in [0.2, 0.25) is 0 Å². The SMILES string of the molecule is CC1(C)NC(=O)C(C)(C2CC2)N(CCc2ccsc2)C1=O. The Bertz CT molecular complexity index is 563. The predicted octanol–water partition coefficient (Wildman–Crippen LogP) is 2.20. The lowest BCUT2D eigenvalue weighted by Gasteiger charge is -2.49. The minimum Gasteiger partial charge on any atom is -0.340 e. The van der Waals surface area contributed by atoms with Crippen LogP contribution in [0, 0.1) is 5.92 Å². The fourth-order valence-electron chi connectivity index (χ4n) is 3.20. The zero-order chi connectivity index (χ0) is 15.3. The van der Waals surface area contributed by atoms with Gasteiger partial charge in [-0.25, -0.2) is 0 Å². The van der Waals surface area contributed by atoms with Gasteiger partial charge in [0, 0.05) is 6.54 Å². The lowest BCUT2D eigenvalue weighted by Crippen LogP contribution is -2.74. The van der Waals surface area contributed by atoms with Crippen LogP contribution < -0.4 is 5.32 Å². The summed E-state index contributed by atoms with van der Waals surface area (Å²) in [5.74, 6) is 0.340. The first-order chi connectivity index (χ1) is 9.85. The second kappa shape index (κ2) is 4.83. The van der Waals surface area contributed by atoms with E-state index in [4.69, 9.17) is 0 Å². The van der Waals surface area contributed by atoms with Gasteiger partial charge in [0.05, 0.1) is 0 Å². The minimum atomic E-state index is -0.805. The zero-order valence-electron chi connectivity index (χ0n) is 12.8. The molecule has 0 radical (unpaired) electrons. The third kappa shape index (κ3) is 2.37. The fourth-order valence-corrected chi connectivity index (χ4v) is 3.90. The molecule has 1 aromatic rings. The van der Waals surface area contributed by atoms with Crippen molar-refractivity contribution < 1.29 is 9.59 Å². The summed E-state index contributed by atoms with van der Waals surface area (Å²) in [7, 11) is 0. The molecule has 2 fully saturated rings. The Balaban J connectivity index is 1.86. The van der Waals surface area contributed by atoms with E-state index in [1.165, 1.54) is 5.56 Å². The van der Waals surface area contributed by atoms with Gasteiger partial charge in [-0.15, -0.1) is 0 Å². The van der Waals surface area contributed by atoms with Crippen LogP contribution in [0.25, 0.3) is 0 Å². The smallest absolute Gasteiger partial charge is 0.248 e. The third-order valence-corrected chi connectivity index (χ3v) is 5.53. The maximum absolute atomic E-state index is 12.8. The summed E-state index contributed by atoms with van der Waals surface area (Å²) in [6, 6.07) is 2.08. The second-order valence-corrected chi connectivity index (χ2v) is 7.62. The maximum atomic E-state index is 12.8. The molecule has 114 valence electrons. The topological polar surface area (TPSA) is 49.4 Å². The Morgan fingerprint density at radius 3 is 2.62 bits per heavy atom. The molecular formula is C16H22N2O2S. The summed E-state index contributed by atoms with van der Waals surface area (Å²) < 4.78 is 0. The first-order valence-electron chi connectivity index (χ1n) is 7.51. The van der Waals surface area contributed by atoms with Crippen LogP contribution in [0.4, 0.5) is 0 Å². The van der Waals surface area contributed by atoms with E-state index in [2.05, 4.69) is 16.8 Å². The Morgan fingerprint density at radius 2 is 2.05 bits per heavy atom. The van der Waals surface area contributed by atoms with Crippen molar-refractivity contribution in [3.8, 4) is 0 Å². The zero-order valence-corrected chi connectivity index (χ0v) is 13.6. The summed E-state index contributed by atoms with van der Waals surface area (Å²) >= 11 is 1.66. The molecule has 1 saturated heterocycles. The van der Waals surface area contributed by atoms with Gasteiger partial charge < -0.3 is 10.2 Å². The van der Waals surface area contributed by atoms with Crippen LogP contribution in [-0.4, -0.2) is 34.3 Å². The number of nitrogens with zero attached hydrogens (tertiary/aromatic N) is 1. The number of hydrogen-bond donors (Lipinski definition) is 1. The van der Waals surface area contributed by atoms with Gasteiger partial charge in [-0.05, 0) is 68.3 Å². The van der Waals surface area contributed by atoms with Crippen LogP contribution in [0.1, 0.15) is 39.2 Å². The lowest BCUT2D eigenvalue weighted by atomic mass is 9.84. The highest BCUT2D eigenvalue weighted by Crippen LogP contribution is 2.45. The van der Waals surface area contributed by atoms with Crippen molar-refractivity contribution in [1.29, 1.82) is 0 Å². The molecule has 1 atom stereocenters. The molecule has 1 unspecified atom stereocenters. The standard InChI is InChI=1S/C16H22N2O2S/c1-15(2)14(20)18(8-6-11-7-9-21-10-11)16(3,12-4-5-12)13(19)17-15/h7,9-10,12H,4-6,8H2,1-3H3,(H,17,19). The third-order valence-electron chi connectivity index (χ3n) is 4.80. The number of carbonyl (C=O) groups is 2. The molecule has 1 saturated carbocycles. The number of thiophene rings is 1. The average molecular weight is 306 g/mol. The molecule has 1 N–H and O–H groups in total. The fraction of sp³-hybridized carbons (Fsp3) is 0.625. The van der Waals surface area contributed by atoms with E-state index in [1.54, 1.807) is 25.2 Å². The number of piperazine rings is 1. The summed E-state index contributed by atoms with van der Waals surface area (Å²) in [4.78, 5) is 27.3. The predicted molar refractivity (Wildman–Crippen MR) is 83.1 cm³/mol. The first-order valence-corrected chi connectivity index (χ1v) is 8.46. The quantitative estimate of drug-likeness (QED) is 0.927. The van der Waals surface area contributed by atoms with Crippen molar-refractivity contribution in [3.63, 3.8) is 0 Å². The average Bonchev–Trinajstić information content (AvgIpc) is 3.15. The van der Waals surface area contributed by atoms with Gasteiger partial charge in [-0.3, -0.25) is 9.59 Å². The van der Waals surface area contributed by atoms with Crippen LogP contribution in [0.3, 0.4) is 0 Å². The molecular weight excluding hydrogens is 284 g/mol. The maximum Gasteiger partial charge on any atom is 0.248 e. The van der Waals surface area contributed by atoms with Gasteiger partial charge in [-0.1, -0.05) is 0 Å². The van der Waals surface area contributed by atoms with Crippen molar-refractivity contribution in [2.45, 2.75) is 51.1 Å². The molecule has 2 heterocycles. The van der Waals surface area contributed by atoms with Gasteiger partial charge >= 0.3 is 0 Å². The summed E-state index contributed by atoms with van der Waals surface area (Å²) in [5, 5.41) is 7.06. The van der Waals surface area contributed by atoms with Crippen molar-refractivity contribution >= 4 is 23.2 Å². The van der Waals surface area contributed by atoms with Crippen molar-refractivity contribution in [2.24, 2.45) is 5.92 Å². The van der Waals surface area contributed by atoms with Crippen molar-refractivity contribution in [3.05, 3.63) is 22.4 Å². The molecule has 2 amide bonds. The molecule has 1 aliphatic carbocycles. The monoisotopic (exact) mass is 306 g/mol. The van der Waals surface area contributed by atoms with Crippen LogP contribution in [-0.2, 0) is 16.0 Å². The van der Waals surface area contributed by atoms with E-state index in [1.807, 2.05) is 17.2 Å².